The van der Waals surface area contributed by atoms with E-state index >= 15 is 0 Å². The minimum absolute atomic E-state index is 0.820. The van der Waals surface area contributed by atoms with Gasteiger partial charge in [-0.25, -0.2) is 0 Å². The summed E-state index contributed by atoms with van der Waals surface area (Å²) in [5.74, 6) is 0. The summed E-state index contributed by atoms with van der Waals surface area (Å²) in [5, 5.41) is 13.3. The van der Waals surface area contributed by atoms with Crippen molar-refractivity contribution in [3.63, 3.8) is 0 Å². The predicted molar refractivity (Wildman–Crippen MR) is 160 cm³/mol. The molecule has 1 N–H and O–H groups in total. The molecule has 5 aromatic carbocycles. The second-order valence-electron chi connectivity index (χ2n) is 9.50. The van der Waals surface area contributed by atoms with Crippen LogP contribution in [0.4, 0.5) is 0 Å². The standard InChI is InChI=1S/C37H28O/c1-2-27-23-25-32(26-24-27)37(38)35(30-19-11-5-12-20-30)33(28-15-7-3-8-16-28)34(29-17-9-4-10-18-29)36(37)31-21-13-6-14-22-31/h2-26,38H,1H2. The lowest BCUT2D eigenvalue weighted by molar-refractivity contribution is 0.167. The fraction of sp³-hybridized carbons (Fsp3) is 0.0270. The molecule has 0 radical (unpaired) electrons. The Labute approximate surface area is 224 Å². The van der Waals surface area contributed by atoms with E-state index in [-0.39, 0.29) is 0 Å². The molecule has 6 rings (SSSR count). The third-order valence-corrected chi connectivity index (χ3v) is 7.29. The van der Waals surface area contributed by atoms with Crippen molar-refractivity contribution in [3.05, 3.63) is 186 Å². The maximum absolute atomic E-state index is 13.3. The second-order valence-corrected chi connectivity index (χ2v) is 9.50. The molecule has 0 saturated heterocycles. The zero-order valence-corrected chi connectivity index (χ0v) is 21.1. The van der Waals surface area contributed by atoms with Gasteiger partial charge in [-0.1, -0.05) is 158 Å². The molecular weight excluding hydrogens is 460 g/mol. The van der Waals surface area contributed by atoms with Gasteiger partial charge in [0.2, 0.25) is 0 Å². The minimum atomic E-state index is -1.40. The smallest absolute Gasteiger partial charge is 0.142 e. The minimum Gasteiger partial charge on any atom is -0.376 e. The third kappa shape index (κ3) is 3.94. The molecule has 0 fully saturated rings. The van der Waals surface area contributed by atoms with Crippen molar-refractivity contribution in [2.75, 3.05) is 0 Å². The number of benzene rings is 5. The van der Waals surface area contributed by atoms with Crippen LogP contribution in [-0.4, -0.2) is 5.11 Å². The Bertz CT molecular complexity index is 1530. The van der Waals surface area contributed by atoms with Crippen molar-refractivity contribution in [1.29, 1.82) is 0 Å². The number of rotatable bonds is 6. The van der Waals surface area contributed by atoms with Gasteiger partial charge in [-0.15, -0.1) is 0 Å². The number of aliphatic hydroxyl groups is 1. The van der Waals surface area contributed by atoms with Crippen LogP contribution in [-0.2, 0) is 5.60 Å². The SMILES string of the molecule is C=Cc1ccc(C2(O)C(c3ccccc3)=C(c3ccccc3)C(c3ccccc3)=C2c2ccccc2)cc1. The van der Waals surface area contributed by atoms with E-state index in [1.165, 1.54) is 0 Å². The van der Waals surface area contributed by atoms with Gasteiger partial charge >= 0.3 is 0 Å². The zero-order chi connectivity index (χ0) is 26.0. The molecule has 0 saturated carbocycles. The molecule has 1 aliphatic rings. The first-order valence-electron chi connectivity index (χ1n) is 12.9. The first-order chi connectivity index (χ1) is 18.7. The van der Waals surface area contributed by atoms with Crippen molar-refractivity contribution in [3.8, 4) is 0 Å². The molecular formula is C37H28O. The Balaban J connectivity index is 1.81. The lowest BCUT2D eigenvalue weighted by atomic mass is 9.76. The topological polar surface area (TPSA) is 20.2 Å². The summed E-state index contributed by atoms with van der Waals surface area (Å²) in [7, 11) is 0. The molecule has 1 aliphatic carbocycles. The summed E-state index contributed by atoms with van der Waals surface area (Å²) in [6.07, 6.45) is 1.83. The van der Waals surface area contributed by atoms with E-state index in [1.807, 2.05) is 78.9 Å². The summed E-state index contributed by atoms with van der Waals surface area (Å²) in [6, 6.07) is 49.5. The molecule has 182 valence electrons. The Morgan fingerprint density at radius 3 is 1.13 bits per heavy atom. The Hall–Kier alpha value is -4.72. The molecule has 0 bridgehead atoms. The first kappa shape index (κ1) is 23.7. The average molecular weight is 489 g/mol. The maximum atomic E-state index is 13.3. The lowest BCUT2D eigenvalue weighted by Gasteiger charge is -2.32. The van der Waals surface area contributed by atoms with Gasteiger partial charge in [0.15, 0.2) is 0 Å². The summed E-state index contributed by atoms with van der Waals surface area (Å²) >= 11 is 0. The average Bonchev–Trinajstić information content (AvgIpc) is 3.29. The molecule has 0 unspecified atom stereocenters. The summed E-state index contributed by atoms with van der Waals surface area (Å²) in [5.41, 5.74) is 8.38. The van der Waals surface area contributed by atoms with Gasteiger partial charge in [0.05, 0.1) is 0 Å². The molecule has 1 nitrogen and oxygen atoms in total. The number of hydrogen-bond acceptors (Lipinski definition) is 1. The molecule has 0 spiro atoms. The second kappa shape index (κ2) is 9.97. The van der Waals surface area contributed by atoms with Crippen LogP contribution >= 0.6 is 0 Å². The molecule has 38 heavy (non-hydrogen) atoms. The van der Waals surface area contributed by atoms with Gasteiger partial charge in [0.25, 0.3) is 0 Å². The van der Waals surface area contributed by atoms with Gasteiger partial charge in [-0.3, -0.25) is 0 Å². The fourth-order valence-corrected chi connectivity index (χ4v) is 5.59. The first-order valence-corrected chi connectivity index (χ1v) is 12.9. The molecule has 0 atom stereocenters. The van der Waals surface area contributed by atoms with Gasteiger partial charge in [0.1, 0.15) is 5.60 Å². The molecule has 1 heteroatoms. The van der Waals surface area contributed by atoms with Crippen LogP contribution < -0.4 is 0 Å². The largest absolute Gasteiger partial charge is 0.376 e. The van der Waals surface area contributed by atoms with Gasteiger partial charge in [0, 0.05) is 11.1 Å². The quantitative estimate of drug-likeness (QED) is 0.253. The highest BCUT2D eigenvalue weighted by molar-refractivity contribution is 6.30. The Kier molecular flexibility index (Phi) is 6.21. The van der Waals surface area contributed by atoms with Crippen molar-refractivity contribution in [2.45, 2.75) is 5.60 Å². The highest BCUT2D eigenvalue weighted by Crippen LogP contribution is 2.60. The van der Waals surface area contributed by atoms with Crippen LogP contribution in [0.1, 0.15) is 33.4 Å². The van der Waals surface area contributed by atoms with E-state index < -0.39 is 5.60 Å². The van der Waals surface area contributed by atoms with E-state index in [1.54, 1.807) is 0 Å². The van der Waals surface area contributed by atoms with Crippen molar-refractivity contribution >= 4 is 28.4 Å². The monoisotopic (exact) mass is 488 g/mol. The molecule has 5 aromatic rings. The maximum Gasteiger partial charge on any atom is 0.142 e. The lowest BCUT2D eigenvalue weighted by Crippen LogP contribution is -2.27. The van der Waals surface area contributed by atoms with Gasteiger partial charge in [-0.2, -0.15) is 0 Å². The Morgan fingerprint density at radius 1 is 0.447 bits per heavy atom. The van der Waals surface area contributed by atoms with Crippen molar-refractivity contribution in [1.82, 2.24) is 0 Å². The molecule has 0 amide bonds. The summed E-state index contributed by atoms with van der Waals surface area (Å²) in [6.45, 7) is 3.92. The number of hydrogen-bond donors (Lipinski definition) is 1. The van der Waals surface area contributed by atoms with Crippen molar-refractivity contribution < 1.29 is 5.11 Å². The highest BCUT2D eigenvalue weighted by Gasteiger charge is 2.48. The van der Waals surface area contributed by atoms with E-state index in [4.69, 9.17) is 0 Å². The van der Waals surface area contributed by atoms with E-state index in [2.05, 4.69) is 79.4 Å². The van der Waals surface area contributed by atoms with Gasteiger partial charge < -0.3 is 5.11 Å². The van der Waals surface area contributed by atoms with Crippen LogP contribution in [0, 0.1) is 0 Å². The van der Waals surface area contributed by atoms with Crippen LogP contribution in [0.2, 0.25) is 0 Å². The summed E-state index contributed by atoms with van der Waals surface area (Å²) < 4.78 is 0. The van der Waals surface area contributed by atoms with E-state index in [0.717, 1.165) is 55.7 Å². The predicted octanol–water partition coefficient (Wildman–Crippen LogP) is 8.75. The van der Waals surface area contributed by atoms with Crippen molar-refractivity contribution in [2.24, 2.45) is 0 Å². The van der Waals surface area contributed by atoms with Crippen LogP contribution in [0.25, 0.3) is 28.4 Å². The fourth-order valence-electron chi connectivity index (χ4n) is 5.59. The molecule has 0 aromatic heterocycles. The highest BCUT2D eigenvalue weighted by atomic mass is 16.3. The van der Waals surface area contributed by atoms with Gasteiger partial charge in [-0.05, 0) is 44.5 Å². The Morgan fingerprint density at radius 2 is 0.789 bits per heavy atom. The van der Waals surface area contributed by atoms with E-state index in [0.29, 0.717) is 0 Å². The van der Waals surface area contributed by atoms with E-state index in [9.17, 15) is 5.11 Å². The molecule has 0 heterocycles. The zero-order valence-electron chi connectivity index (χ0n) is 21.1. The normalized spacial score (nSPS) is 14.6. The number of allylic oxidation sites excluding steroid dienone is 2. The van der Waals surface area contributed by atoms with Crippen LogP contribution in [0.15, 0.2) is 152 Å². The van der Waals surface area contributed by atoms with Crippen LogP contribution in [0.3, 0.4) is 0 Å². The molecule has 0 aliphatic heterocycles. The van der Waals surface area contributed by atoms with Crippen LogP contribution in [0.5, 0.6) is 0 Å². The third-order valence-electron chi connectivity index (χ3n) is 7.29. The summed E-state index contributed by atoms with van der Waals surface area (Å²) in [4.78, 5) is 0.